The summed E-state index contributed by atoms with van der Waals surface area (Å²) in [5.41, 5.74) is -1.04. The Morgan fingerprint density at radius 1 is 1.06 bits per heavy atom. The van der Waals surface area contributed by atoms with Gasteiger partial charge in [0.1, 0.15) is 0 Å². The van der Waals surface area contributed by atoms with Crippen molar-refractivity contribution in [1.82, 2.24) is 0 Å². The van der Waals surface area contributed by atoms with Gasteiger partial charge < -0.3 is 0 Å². The molecule has 0 aliphatic carbocycles. The summed E-state index contributed by atoms with van der Waals surface area (Å²) >= 11 is 1.16. The molecule has 0 nitrogen and oxygen atoms in total. The fourth-order valence-corrected chi connectivity index (χ4v) is 1.95. The van der Waals surface area contributed by atoms with Crippen molar-refractivity contribution in [1.29, 1.82) is 0 Å². The predicted molar refractivity (Wildman–Crippen MR) is 50.6 cm³/mol. The second-order valence-corrected chi connectivity index (χ2v) is 4.07. The van der Waals surface area contributed by atoms with Crippen LogP contribution in [0.25, 0.3) is 10.1 Å². The Hall–Kier alpha value is -1.17. The number of fused-ring (bicyclic) bond motifs is 1. The van der Waals surface area contributed by atoms with Crippen LogP contribution in [0.4, 0.5) is 22.0 Å². The van der Waals surface area contributed by atoms with E-state index in [2.05, 4.69) is 5.38 Å². The lowest BCUT2D eigenvalue weighted by atomic mass is 10.1. The first kappa shape index (κ1) is 11.3. The third-order valence-corrected chi connectivity index (χ3v) is 2.94. The van der Waals surface area contributed by atoms with Gasteiger partial charge in [0.2, 0.25) is 0 Å². The van der Waals surface area contributed by atoms with E-state index in [0.29, 0.717) is 10.1 Å². The number of hydrogen-bond donors (Lipinski definition) is 0. The molecule has 0 atom stereocenters. The lowest BCUT2D eigenvalue weighted by molar-refractivity contribution is -0.289. The molecule has 16 heavy (non-hydrogen) atoms. The van der Waals surface area contributed by atoms with E-state index in [1.807, 2.05) is 0 Å². The van der Waals surface area contributed by atoms with Crippen molar-refractivity contribution in [3.63, 3.8) is 0 Å². The maximum atomic E-state index is 13.0. The van der Waals surface area contributed by atoms with Gasteiger partial charge in [-0.1, -0.05) is 6.07 Å². The minimum atomic E-state index is -5.57. The highest BCUT2D eigenvalue weighted by Crippen LogP contribution is 2.44. The molecule has 0 unspecified atom stereocenters. The van der Waals surface area contributed by atoms with Crippen LogP contribution in [0.5, 0.6) is 0 Å². The van der Waals surface area contributed by atoms with Crippen LogP contribution < -0.4 is 0 Å². The molecule has 1 heterocycles. The maximum absolute atomic E-state index is 13.0. The summed E-state index contributed by atoms with van der Waals surface area (Å²) in [5.74, 6) is -4.82. The van der Waals surface area contributed by atoms with E-state index in [-0.39, 0.29) is 0 Å². The number of hydrogen-bond acceptors (Lipinski definition) is 1. The third-order valence-electron chi connectivity index (χ3n) is 2.11. The zero-order valence-electron chi connectivity index (χ0n) is 7.61. The Labute approximate surface area is 91.3 Å². The Kier molecular flexibility index (Phi) is 2.41. The second-order valence-electron chi connectivity index (χ2n) is 3.19. The number of benzene rings is 1. The topological polar surface area (TPSA) is 0 Å². The Morgan fingerprint density at radius 3 is 2.38 bits per heavy atom. The molecule has 85 valence electrons. The average Bonchev–Trinajstić information content (AvgIpc) is 2.61. The highest BCUT2D eigenvalue weighted by molar-refractivity contribution is 7.16. The maximum Gasteiger partial charge on any atom is 0.458 e. The predicted octanol–water partition coefficient (Wildman–Crippen LogP) is 4.36. The Balaban J connectivity index is 2.54. The zero-order valence-corrected chi connectivity index (χ0v) is 8.42. The molecule has 1 aromatic carbocycles. The molecule has 6 heteroatoms. The molecule has 0 aliphatic rings. The molecule has 0 aliphatic heterocycles. The first-order valence-corrected chi connectivity index (χ1v) is 4.99. The van der Waals surface area contributed by atoms with Gasteiger partial charge in [-0.3, -0.25) is 0 Å². The molecular weight excluding hydrogens is 247 g/mol. The fourth-order valence-electron chi connectivity index (χ4n) is 1.27. The second kappa shape index (κ2) is 3.41. The third kappa shape index (κ3) is 1.67. The van der Waals surface area contributed by atoms with Gasteiger partial charge in [0.15, 0.2) is 0 Å². The highest BCUT2D eigenvalue weighted by Gasteiger charge is 2.58. The number of halogens is 5. The largest absolute Gasteiger partial charge is 0.458 e. The Morgan fingerprint density at radius 2 is 1.75 bits per heavy atom. The average molecular weight is 251 g/mol. The van der Waals surface area contributed by atoms with Crippen molar-refractivity contribution < 1.29 is 22.0 Å². The number of rotatable bonds is 1. The quantitative estimate of drug-likeness (QED) is 0.661. The van der Waals surface area contributed by atoms with E-state index in [0.717, 1.165) is 23.5 Å². The molecule has 1 radical (unpaired) electrons. The van der Waals surface area contributed by atoms with Crippen molar-refractivity contribution in [3.05, 3.63) is 35.2 Å². The first-order chi connectivity index (χ1) is 7.32. The van der Waals surface area contributed by atoms with Crippen LogP contribution in [0.15, 0.2) is 24.3 Å². The molecule has 2 aromatic rings. The van der Waals surface area contributed by atoms with Crippen LogP contribution in [-0.4, -0.2) is 6.18 Å². The van der Waals surface area contributed by atoms with Gasteiger partial charge in [0, 0.05) is 15.6 Å². The number of thiophene rings is 1. The van der Waals surface area contributed by atoms with Gasteiger partial charge in [0.05, 0.1) is 0 Å². The minimum absolute atomic E-state index is 0.339. The Bertz CT molecular complexity index is 511. The zero-order chi connectivity index (χ0) is 12.0. The van der Waals surface area contributed by atoms with Crippen LogP contribution in [0.1, 0.15) is 5.56 Å². The minimum Gasteiger partial charge on any atom is -0.191 e. The fraction of sp³-hybridized carbons (Fsp3) is 0.200. The van der Waals surface area contributed by atoms with Gasteiger partial charge in [0.25, 0.3) is 0 Å². The molecule has 0 N–H and O–H groups in total. The summed E-state index contributed by atoms with van der Waals surface area (Å²) in [6.45, 7) is 0. The van der Waals surface area contributed by atoms with Gasteiger partial charge >= 0.3 is 12.1 Å². The van der Waals surface area contributed by atoms with E-state index in [9.17, 15) is 22.0 Å². The summed E-state index contributed by atoms with van der Waals surface area (Å²) in [7, 11) is 0. The summed E-state index contributed by atoms with van der Waals surface area (Å²) < 4.78 is 62.8. The lowest BCUT2D eigenvalue weighted by Gasteiger charge is -2.19. The molecule has 0 spiro atoms. The molecule has 0 saturated carbocycles. The van der Waals surface area contributed by atoms with Gasteiger partial charge in [-0.15, -0.1) is 11.3 Å². The van der Waals surface area contributed by atoms with Gasteiger partial charge in [-0.25, -0.2) is 0 Å². The van der Waals surface area contributed by atoms with Crippen molar-refractivity contribution in [3.8, 4) is 0 Å². The monoisotopic (exact) mass is 251 g/mol. The van der Waals surface area contributed by atoms with Crippen molar-refractivity contribution >= 4 is 21.4 Å². The summed E-state index contributed by atoms with van der Waals surface area (Å²) in [4.78, 5) is 0. The lowest BCUT2D eigenvalue weighted by Crippen LogP contribution is -2.33. The van der Waals surface area contributed by atoms with Crippen LogP contribution in [0, 0.1) is 5.38 Å². The summed E-state index contributed by atoms with van der Waals surface area (Å²) in [6.07, 6.45) is -5.57. The highest BCUT2D eigenvalue weighted by atomic mass is 32.1. The molecule has 0 saturated heterocycles. The van der Waals surface area contributed by atoms with Crippen LogP contribution in [0.2, 0.25) is 0 Å². The van der Waals surface area contributed by atoms with Gasteiger partial charge in [-0.2, -0.15) is 22.0 Å². The molecular formula is C10H4F5S. The standard InChI is InChI=1S/C10H4F5S/c11-9(12,10(13,14)15)7-1-2-8-6(5-7)3-4-16-8/h1-3,5H. The van der Waals surface area contributed by atoms with E-state index in [4.69, 9.17) is 0 Å². The van der Waals surface area contributed by atoms with Crippen molar-refractivity contribution in [2.75, 3.05) is 0 Å². The van der Waals surface area contributed by atoms with E-state index < -0.39 is 17.7 Å². The molecule has 1 aromatic heterocycles. The normalized spacial score (nSPS) is 13.3. The van der Waals surface area contributed by atoms with E-state index >= 15 is 0 Å². The van der Waals surface area contributed by atoms with Gasteiger partial charge in [-0.05, 0) is 23.6 Å². The SMILES string of the molecule is FC(F)(F)C(F)(F)c1ccc2s[c]cc2c1. The smallest absolute Gasteiger partial charge is 0.191 e. The summed E-state index contributed by atoms with van der Waals surface area (Å²) in [5, 5.41) is 3.01. The molecule has 0 bridgehead atoms. The molecule has 0 fully saturated rings. The first-order valence-electron chi connectivity index (χ1n) is 4.17. The van der Waals surface area contributed by atoms with Crippen LogP contribution >= 0.6 is 11.3 Å². The van der Waals surface area contributed by atoms with E-state index in [1.165, 1.54) is 12.1 Å². The molecule has 2 rings (SSSR count). The van der Waals surface area contributed by atoms with Crippen LogP contribution in [-0.2, 0) is 5.92 Å². The van der Waals surface area contributed by atoms with Crippen molar-refractivity contribution in [2.45, 2.75) is 12.1 Å². The number of alkyl halides is 5. The van der Waals surface area contributed by atoms with E-state index in [1.54, 1.807) is 0 Å². The molecule has 0 amide bonds. The van der Waals surface area contributed by atoms with Crippen LogP contribution in [0.3, 0.4) is 0 Å². The van der Waals surface area contributed by atoms with Crippen molar-refractivity contribution in [2.24, 2.45) is 0 Å². The summed E-state index contributed by atoms with van der Waals surface area (Å²) in [6, 6.07) is 4.26.